The molecule has 104 valence electrons. The third-order valence-electron chi connectivity index (χ3n) is 2.51. The molecule has 0 aliphatic heterocycles. The lowest BCUT2D eigenvalue weighted by molar-refractivity contribution is 0.0430. The first kappa shape index (κ1) is 15.0. The Kier molecular flexibility index (Phi) is 4.53. The zero-order chi connectivity index (χ0) is 14.6. The molecule has 0 spiro atoms. The summed E-state index contributed by atoms with van der Waals surface area (Å²) in [5.74, 6) is -0.233. The maximum Gasteiger partial charge on any atom is 0.335 e. The normalized spacial score (nSPS) is 10.8. The number of nitrogens with one attached hydrogen (secondary N) is 1. The molecule has 1 aromatic carbocycles. The smallest absolute Gasteiger partial charge is 0.330 e. The van der Waals surface area contributed by atoms with Crippen molar-refractivity contribution in [1.82, 2.24) is 15.3 Å². The fourth-order valence-electron chi connectivity index (χ4n) is 1.43. The van der Waals surface area contributed by atoms with Crippen LogP contribution in [0.2, 0.25) is 0 Å². The Balaban J connectivity index is 2.99. The lowest BCUT2D eigenvalue weighted by atomic mass is 10.1. The number of nitrogens with zero attached hydrogens (tertiary/aromatic N) is 2. The van der Waals surface area contributed by atoms with Crippen LogP contribution in [0.4, 0.5) is 4.79 Å². The number of urea groups is 1. The van der Waals surface area contributed by atoms with Crippen molar-refractivity contribution in [3.63, 3.8) is 0 Å². The van der Waals surface area contributed by atoms with Crippen molar-refractivity contribution in [2.24, 2.45) is 0 Å². The zero-order valence-corrected chi connectivity index (χ0v) is 12.1. The quantitative estimate of drug-likeness (QED) is 0.789. The first-order valence-corrected chi connectivity index (χ1v) is 6.11. The summed E-state index contributed by atoms with van der Waals surface area (Å²) in [6.45, 7) is 5.59. The van der Waals surface area contributed by atoms with Crippen molar-refractivity contribution < 1.29 is 9.59 Å². The van der Waals surface area contributed by atoms with Gasteiger partial charge in [-0.25, -0.2) is 15.2 Å². The third kappa shape index (κ3) is 3.98. The first-order chi connectivity index (χ1) is 8.73. The van der Waals surface area contributed by atoms with Crippen LogP contribution in [0.5, 0.6) is 0 Å². The van der Waals surface area contributed by atoms with E-state index in [4.69, 9.17) is 0 Å². The van der Waals surface area contributed by atoms with Gasteiger partial charge >= 0.3 is 6.03 Å². The van der Waals surface area contributed by atoms with E-state index in [1.165, 1.54) is 9.91 Å². The van der Waals surface area contributed by atoms with Gasteiger partial charge in [-0.3, -0.25) is 4.79 Å². The molecule has 0 aromatic heterocycles. The molecule has 1 aromatic rings. The van der Waals surface area contributed by atoms with Crippen LogP contribution in [0.1, 0.15) is 31.1 Å². The van der Waals surface area contributed by atoms with Crippen LogP contribution in [0, 0.1) is 0 Å². The Bertz CT molecular complexity index is 450. The molecular weight excluding hydrogens is 242 g/mol. The van der Waals surface area contributed by atoms with Crippen LogP contribution < -0.4 is 5.43 Å². The van der Waals surface area contributed by atoms with Gasteiger partial charge in [-0.05, 0) is 32.9 Å². The van der Waals surface area contributed by atoms with Gasteiger partial charge in [0.15, 0.2) is 0 Å². The second-order valence-electron chi connectivity index (χ2n) is 5.49. The van der Waals surface area contributed by atoms with Gasteiger partial charge in [0.05, 0.1) is 5.54 Å². The molecule has 0 saturated heterocycles. The lowest BCUT2D eigenvalue weighted by Gasteiger charge is -2.36. The molecule has 5 heteroatoms. The van der Waals surface area contributed by atoms with Crippen LogP contribution in [-0.2, 0) is 0 Å². The van der Waals surface area contributed by atoms with Crippen LogP contribution in [0.3, 0.4) is 0 Å². The minimum atomic E-state index is -0.515. The summed E-state index contributed by atoms with van der Waals surface area (Å²) in [7, 11) is 3.26. The fraction of sp³-hybridized carbons (Fsp3) is 0.429. The summed E-state index contributed by atoms with van der Waals surface area (Å²) in [5, 5.41) is 1.35. The van der Waals surface area contributed by atoms with Crippen molar-refractivity contribution in [3.05, 3.63) is 35.9 Å². The van der Waals surface area contributed by atoms with Gasteiger partial charge < -0.3 is 4.90 Å². The molecule has 1 rings (SSSR count). The van der Waals surface area contributed by atoms with Crippen LogP contribution in [0.25, 0.3) is 0 Å². The monoisotopic (exact) mass is 263 g/mol. The molecule has 0 atom stereocenters. The number of hydrogen-bond acceptors (Lipinski definition) is 2. The number of hydrogen-bond donors (Lipinski definition) is 1. The Labute approximate surface area is 114 Å². The highest BCUT2D eigenvalue weighted by Gasteiger charge is 2.29. The molecule has 0 heterocycles. The van der Waals surface area contributed by atoms with E-state index in [2.05, 4.69) is 5.43 Å². The molecule has 3 amide bonds. The number of hydrazine groups is 1. The topological polar surface area (TPSA) is 52.7 Å². The van der Waals surface area contributed by atoms with Gasteiger partial charge in [0.1, 0.15) is 0 Å². The maximum absolute atomic E-state index is 12.4. The number of amides is 3. The number of benzene rings is 1. The van der Waals surface area contributed by atoms with Gasteiger partial charge in [-0.2, -0.15) is 0 Å². The van der Waals surface area contributed by atoms with Gasteiger partial charge in [-0.1, -0.05) is 18.2 Å². The number of rotatable bonds is 1. The van der Waals surface area contributed by atoms with E-state index in [1.54, 1.807) is 38.4 Å². The summed E-state index contributed by atoms with van der Waals surface area (Å²) in [6.07, 6.45) is 0. The molecular formula is C14H21N3O2. The zero-order valence-electron chi connectivity index (χ0n) is 12.1. The highest BCUT2D eigenvalue weighted by atomic mass is 16.2. The van der Waals surface area contributed by atoms with E-state index in [0.717, 1.165) is 0 Å². The second-order valence-corrected chi connectivity index (χ2v) is 5.49. The van der Waals surface area contributed by atoms with Crippen LogP contribution >= 0.6 is 0 Å². The predicted molar refractivity (Wildman–Crippen MR) is 74.6 cm³/mol. The summed E-state index contributed by atoms with van der Waals surface area (Å²) >= 11 is 0. The SMILES string of the molecule is CN(C)C(=O)NN(C(=O)c1ccccc1)C(C)(C)C. The fourth-order valence-corrected chi connectivity index (χ4v) is 1.43. The van der Waals surface area contributed by atoms with E-state index >= 15 is 0 Å². The molecule has 0 aliphatic carbocycles. The molecule has 1 N–H and O–H groups in total. The van der Waals surface area contributed by atoms with Gasteiger partial charge in [0, 0.05) is 19.7 Å². The van der Waals surface area contributed by atoms with Gasteiger partial charge in [0.2, 0.25) is 0 Å². The minimum absolute atomic E-state index is 0.233. The Morgan fingerprint density at radius 2 is 1.58 bits per heavy atom. The van der Waals surface area contributed by atoms with E-state index < -0.39 is 5.54 Å². The first-order valence-electron chi connectivity index (χ1n) is 6.11. The second kappa shape index (κ2) is 5.73. The summed E-state index contributed by atoms with van der Waals surface area (Å²) < 4.78 is 0. The molecule has 0 unspecified atom stereocenters. The molecule has 0 saturated carbocycles. The van der Waals surface area contributed by atoms with E-state index in [9.17, 15) is 9.59 Å². The average Bonchev–Trinajstić information content (AvgIpc) is 2.34. The third-order valence-corrected chi connectivity index (χ3v) is 2.51. The molecule has 0 aliphatic rings. The van der Waals surface area contributed by atoms with Crippen LogP contribution in [0.15, 0.2) is 30.3 Å². The van der Waals surface area contributed by atoms with E-state index in [-0.39, 0.29) is 11.9 Å². The van der Waals surface area contributed by atoms with Gasteiger partial charge in [0.25, 0.3) is 5.91 Å². The van der Waals surface area contributed by atoms with Gasteiger partial charge in [-0.15, -0.1) is 0 Å². The largest absolute Gasteiger partial charge is 0.335 e. The number of carbonyl (C=O) groups is 2. The lowest BCUT2D eigenvalue weighted by Crippen LogP contribution is -2.57. The molecule has 5 nitrogen and oxygen atoms in total. The summed E-state index contributed by atoms with van der Waals surface area (Å²) in [5.41, 5.74) is 2.65. The maximum atomic E-state index is 12.4. The Hall–Kier alpha value is -2.04. The van der Waals surface area contributed by atoms with Crippen molar-refractivity contribution in [3.8, 4) is 0 Å². The minimum Gasteiger partial charge on any atom is -0.330 e. The highest BCUT2D eigenvalue weighted by molar-refractivity contribution is 5.95. The van der Waals surface area contributed by atoms with Crippen LogP contribution in [-0.4, -0.2) is 41.5 Å². The standard InChI is InChI=1S/C14H21N3O2/c1-14(2,3)17(15-13(19)16(4)5)12(18)11-9-7-6-8-10-11/h6-10H,1-5H3,(H,15,19). The molecule has 0 bridgehead atoms. The molecule has 19 heavy (non-hydrogen) atoms. The Morgan fingerprint density at radius 1 is 1.05 bits per heavy atom. The average molecular weight is 263 g/mol. The molecule has 0 fully saturated rings. The van der Waals surface area contributed by atoms with E-state index in [0.29, 0.717) is 5.56 Å². The van der Waals surface area contributed by atoms with Crippen molar-refractivity contribution in [1.29, 1.82) is 0 Å². The van der Waals surface area contributed by atoms with E-state index in [1.807, 2.05) is 26.8 Å². The van der Waals surface area contributed by atoms with Crippen molar-refractivity contribution >= 4 is 11.9 Å². The molecule has 0 radical (unpaired) electrons. The predicted octanol–water partition coefficient (Wildman–Crippen LogP) is 2.11. The number of carbonyl (C=O) groups excluding carboxylic acids is 2. The van der Waals surface area contributed by atoms with Crippen molar-refractivity contribution in [2.75, 3.05) is 14.1 Å². The highest BCUT2D eigenvalue weighted by Crippen LogP contribution is 2.15. The van der Waals surface area contributed by atoms with Crippen molar-refractivity contribution in [2.45, 2.75) is 26.3 Å². The summed E-state index contributed by atoms with van der Waals surface area (Å²) in [4.78, 5) is 25.6. The Morgan fingerprint density at radius 3 is 2.00 bits per heavy atom. The summed E-state index contributed by atoms with van der Waals surface area (Å²) in [6, 6.07) is 8.55.